The monoisotopic (exact) mass is 448 g/mol. The number of carbonyl (C=O) groups is 2. The van der Waals surface area contributed by atoms with Crippen LogP contribution in [0.4, 0.5) is 5.69 Å². The van der Waals surface area contributed by atoms with Crippen LogP contribution in [0.25, 0.3) is 11.4 Å². The van der Waals surface area contributed by atoms with E-state index in [1.807, 2.05) is 59.5 Å². The Balaban J connectivity index is 1.34. The summed E-state index contributed by atoms with van der Waals surface area (Å²) in [5, 5.41) is 6.97. The Morgan fingerprint density at radius 1 is 1.15 bits per heavy atom. The van der Waals surface area contributed by atoms with Crippen LogP contribution in [0.15, 0.2) is 59.1 Å². The minimum absolute atomic E-state index is 0.0190. The third-order valence-corrected chi connectivity index (χ3v) is 5.73. The van der Waals surface area contributed by atoms with E-state index < -0.39 is 6.10 Å². The van der Waals surface area contributed by atoms with E-state index in [9.17, 15) is 9.59 Å². The van der Waals surface area contributed by atoms with Crippen molar-refractivity contribution in [2.75, 3.05) is 18.4 Å². The number of anilines is 1. The number of piperidine rings is 1. The fourth-order valence-electron chi connectivity index (χ4n) is 3.86. The Labute approximate surface area is 192 Å². The van der Waals surface area contributed by atoms with E-state index in [-0.39, 0.29) is 17.7 Å². The first-order valence-electron chi connectivity index (χ1n) is 11.3. The molecule has 1 aliphatic heterocycles. The molecule has 1 N–H and O–H groups in total. The Kier molecular flexibility index (Phi) is 7.02. The summed E-state index contributed by atoms with van der Waals surface area (Å²) in [6, 6.07) is 16.7. The van der Waals surface area contributed by atoms with Gasteiger partial charge in [0.2, 0.25) is 17.6 Å². The molecule has 0 saturated carbocycles. The number of ether oxygens (including phenoxy) is 1. The minimum Gasteiger partial charge on any atom is -0.481 e. The lowest BCUT2D eigenvalue weighted by atomic mass is 9.96. The maximum atomic E-state index is 12.8. The second kappa shape index (κ2) is 10.3. The molecule has 8 nitrogen and oxygen atoms in total. The first kappa shape index (κ1) is 22.5. The van der Waals surface area contributed by atoms with Crippen LogP contribution in [0, 0.1) is 0 Å². The molecular weight excluding hydrogens is 420 g/mol. The molecule has 1 atom stereocenters. The molecular formula is C25H28N4O4. The van der Waals surface area contributed by atoms with Gasteiger partial charge in [-0.05, 0) is 44.0 Å². The standard InChI is InChI=1S/C25H28N4O4/c1-3-22(30)26-20-9-7-8-19(16-20)23-27-24(33-28-23)18-12-14-29(15-13-18)25(31)17(2)32-21-10-5-4-6-11-21/h4-11,16-18H,3,12-15H2,1-2H3,(H,26,30). The van der Waals surface area contributed by atoms with Gasteiger partial charge in [-0.25, -0.2) is 0 Å². The molecule has 1 aromatic heterocycles. The molecule has 2 heterocycles. The van der Waals surface area contributed by atoms with Crippen LogP contribution >= 0.6 is 0 Å². The van der Waals surface area contributed by atoms with Gasteiger partial charge in [0.15, 0.2) is 6.10 Å². The van der Waals surface area contributed by atoms with E-state index in [2.05, 4.69) is 15.5 Å². The van der Waals surface area contributed by atoms with Crippen LogP contribution in [0.5, 0.6) is 5.75 Å². The lowest BCUT2D eigenvalue weighted by Gasteiger charge is -2.32. The van der Waals surface area contributed by atoms with Gasteiger partial charge in [-0.1, -0.05) is 42.4 Å². The van der Waals surface area contributed by atoms with E-state index in [1.165, 1.54) is 0 Å². The highest BCUT2D eigenvalue weighted by Crippen LogP contribution is 2.29. The van der Waals surface area contributed by atoms with Gasteiger partial charge >= 0.3 is 0 Å². The van der Waals surface area contributed by atoms with E-state index in [4.69, 9.17) is 9.26 Å². The molecule has 0 spiro atoms. The smallest absolute Gasteiger partial charge is 0.263 e. The summed E-state index contributed by atoms with van der Waals surface area (Å²) < 4.78 is 11.3. The lowest BCUT2D eigenvalue weighted by molar-refractivity contribution is -0.139. The lowest BCUT2D eigenvalue weighted by Crippen LogP contribution is -2.44. The van der Waals surface area contributed by atoms with Crippen molar-refractivity contribution in [3.8, 4) is 17.1 Å². The van der Waals surface area contributed by atoms with Crippen molar-refractivity contribution in [2.24, 2.45) is 0 Å². The molecule has 2 aromatic carbocycles. The van der Waals surface area contributed by atoms with Crippen LogP contribution in [0.1, 0.15) is 44.9 Å². The second-order valence-electron chi connectivity index (χ2n) is 8.11. The predicted octanol–water partition coefficient (Wildman–Crippen LogP) is 4.26. The van der Waals surface area contributed by atoms with Gasteiger partial charge in [0.1, 0.15) is 5.75 Å². The van der Waals surface area contributed by atoms with Crippen LogP contribution in [-0.2, 0) is 9.59 Å². The number of rotatable bonds is 7. The number of para-hydroxylation sites is 1. The molecule has 2 amide bonds. The second-order valence-corrected chi connectivity index (χ2v) is 8.11. The summed E-state index contributed by atoms with van der Waals surface area (Å²) in [4.78, 5) is 30.9. The van der Waals surface area contributed by atoms with Crippen molar-refractivity contribution in [3.63, 3.8) is 0 Å². The summed E-state index contributed by atoms with van der Waals surface area (Å²) in [6.45, 7) is 4.81. The van der Waals surface area contributed by atoms with Gasteiger partial charge in [-0.2, -0.15) is 4.98 Å². The molecule has 1 fully saturated rings. The molecule has 1 unspecified atom stereocenters. The highest BCUT2D eigenvalue weighted by molar-refractivity contribution is 5.91. The van der Waals surface area contributed by atoms with Gasteiger partial charge < -0.3 is 19.5 Å². The van der Waals surface area contributed by atoms with E-state index in [0.717, 1.165) is 18.4 Å². The van der Waals surface area contributed by atoms with Gasteiger partial charge in [0, 0.05) is 36.7 Å². The number of hydrogen-bond acceptors (Lipinski definition) is 6. The van der Waals surface area contributed by atoms with Crippen LogP contribution in [0.2, 0.25) is 0 Å². The van der Waals surface area contributed by atoms with Gasteiger partial charge in [0.25, 0.3) is 5.91 Å². The number of amides is 2. The van der Waals surface area contributed by atoms with Crippen molar-refractivity contribution in [2.45, 2.75) is 45.1 Å². The first-order chi connectivity index (χ1) is 16.0. The summed E-state index contributed by atoms with van der Waals surface area (Å²) in [6.07, 6.45) is 1.37. The Hall–Kier alpha value is -3.68. The summed E-state index contributed by atoms with van der Waals surface area (Å²) >= 11 is 0. The molecule has 4 rings (SSSR count). The maximum Gasteiger partial charge on any atom is 0.263 e. The van der Waals surface area contributed by atoms with Crippen molar-refractivity contribution in [3.05, 3.63) is 60.5 Å². The van der Waals surface area contributed by atoms with Crippen molar-refractivity contribution in [1.82, 2.24) is 15.0 Å². The first-order valence-corrected chi connectivity index (χ1v) is 11.3. The number of nitrogens with zero attached hydrogens (tertiary/aromatic N) is 3. The van der Waals surface area contributed by atoms with Gasteiger partial charge in [0.05, 0.1) is 0 Å². The van der Waals surface area contributed by atoms with Crippen molar-refractivity contribution < 1.29 is 18.8 Å². The number of aromatic nitrogens is 2. The number of carbonyl (C=O) groups excluding carboxylic acids is 2. The number of likely N-dealkylation sites (tertiary alicyclic amines) is 1. The molecule has 0 aliphatic carbocycles. The van der Waals surface area contributed by atoms with Gasteiger partial charge in [-0.15, -0.1) is 0 Å². The Morgan fingerprint density at radius 3 is 2.64 bits per heavy atom. The zero-order valence-corrected chi connectivity index (χ0v) is 18.9. The molecule has 0 radical (unpaired) electrons. The summed E-state index contributed by atoms with van der Waals surface area (Å²) in [5.74, 6) is 1.78. The highest BCUT2D eigenvalue weighted by Gasteiger charge is 2.30. The zero-order chi connectivity index (χ0) is 23.2. The fourth-order valence-corrected chi connectivity index (χ4v) is 3.86. The minimum atomic E-state index is -0.542. The molecule has 0 bridgehead atoms. The average Bonchev–Trinajstić information content (AvgIpc) is 3.35. The zero-order valence-electron chi connectivity index (χ0n) is 18.9. The normalized spacial score (nSPS) is 15.2. The van der Waals surface area contributed by atoms with Crippen molar-refractivity contribution in [1.29, 1.82) is 0 Å². The van der Waals surface area contributed by atoms with E-state index in [0.29, 0.717) is 42.7 Å². The van der Waals surface area contributed by atoms with Crippen LogP contribution < -0.4 is 10.1 Å². The van der Waals surface area contributed by atoms with Crippen LogP contribution in [0.3, 0.4) is 0 Å². The highest BCUT2D eigenvalue weighted by atomic mass is 16.5. The van der Waals surface area contributed by atoms with E-state index in [1.54, 1.807) is 13.8 Å². The van der Waals surface area contributed by atoms with Crippen molar-refractivity contribution >= 4 is 17.5 Å². The third-order valence-electron chi connectivity index (χ3n) is 5.73. The quantitative estimate of drug-likeness (QED) is 0.580. The molecule has 172 valence electrons. The molecule has 33 heavy (non-hydrogen) atoms. The number of nitrogens with one attached hydrogen (secondary N) is 1. The Morgan fingerprint density at radius 2 is 1.91 bits per heavy atom. The molecule has 1 saturated heterocycles. The summed E-state index contributed by atoms with van der Waals surface area (Å²) in [5.41, 5.74) is 1.47. The average molecular weight is 449 g/mol. The third kappa shape index (κ3) is 5.58. The number of benzene rings is 2. The molecule has 3 aromatic rings. The fraction of sp³-hybridized carbons (Fsp3) is 0.360. The van der Waals surface area contributed by atoms with E-state index >= 15 is 0 Å². The topological polar surface area (TPSA) is 97.6 Å². The maximum absolute atomic E-state index is 12.8. The predicted molar refractivity (Wildman–Crippen MR) is 124 cm³/mol. The SMILES string of the molecule is CCC(=O)Nc1cccc(-c2noc(C3CCN(C(=O)C(C)Oc4ccccc4)CC3)n2)c1. The number of hydrogen-bond donors (Lipinski definition) is 1. The molecule has 1 aliphatic rings. The van der Waals surface area contributed by atoms with Crippen LogP contribution in [-0.4, -0.2) is 46.0 Å². The Bertz CT molecular complexity index is 1090. The summed E-state index contributed by atoms with van der Waals surface area (Å²) in [7, 11) is 0. The largest absolute Gasteiger partial charge is 0.481 e. The molecule has 8 heteroatoms. The van der Waals surface area contributed by atoms with Gasteiger partial charge in [-0.3, -0.25) is 9.59 Å².